The van der Waals surface area contributed by atoms with Gasteiger partial charge in [-0.15, -0.1) is 0 Å². The van der Waals surface area contributed by atoms with Crippen LogP contribution in [0.5, 0.6) is 0 Å². The minimum Gasteiger partial charge on any atom is -0.336 e. The SMILES string of the molecule is CCn1nc(C(=O)N2CCSCC2)c2c1CC[C@@H](NCc1ccccc1F)C2. The number of hydrogen-bond donors (Lipinski definition) is 1. The van der Waals surface area contributed by atoms with Gasteiger partial charge in [-0.1, -0.05) is 18.2 Å². The fourth-order valence-electron chi connectivity index (χ4n) is 4.11. The molecule has 0 unspecified atom stereocenters. The zero-order chi connectivity index (χ0) is 19.5. The van der Waals surface area contributed by atoms with E-state index in [9.17, 15) is 9.18 Å². The summed E-state index contributed by atoms with van der Waals surface area (Å²) in [5, 5.41) is 8.17. The maximum absolute atomic E-state index is 13.9. The van der Waals surface area contributed by atoms with Crippen molar-refractivity contribution in [2.75, 3.05) is 24.6 Å². The molecule has 1 amide bonds. The number of nitrogens with zero attached hydrogens (tertiary/aromatic N) is 3. The Morgan fingerprint density at radius 3 is 2.86 bits per heavy atom. The van der Waals surface area contributed by atoms with Crippen LogP contribution in [0, 0.1) is 5.82 Å². The highest BCUT2D eigenvalue weighted by Gasteiger charge is 2.31. The third-order valence-corrected chi connectivity index (χ3v) is 6.63. The molecular weight excluding hydrogens is 375 g/mol. The van der Waals surface area contributed by atoms with Gasteiger partial charge in [0.25, 0.3) is 5.91 Å². The second-order valence-corrected chi connectivity index (χ2v) is 8.63. The van der Waals surface area contributed by atoms with Crippen molar-refractivity contribution in [3.05, 3.63) is 52.6 Å². The molecule has 1 aliphatic heterocycles. The molecule has 0 radical (unpaired) electrons. The quantitative estimate of drug-likeness (QED) is 0.836. The number of aromatic nitrogens is 2. The van der Waals surface area contributed by atoms with Gasteiger partial charge in [0, 0.05) is 60.5 Å². The van der Waals surface area contributed by atoms with Crippen LogP contribution in [-0.2, 0) is 25.9 Å². The van der Waals surface area contributed by atoms with Crippen molar-refractivity contribution < 1.29 is 9.18 Å². The Morgan fingerprint density at radius 1 is 1.32 bits per heavy atom. The van der Waals surface area contributed by atoms with Gasteiger partial charge < -0.3 is 10.2 Å². The number of amides is 1. The van der Waals surface area contributed by atoms with Crippen LogP contribution in [0.2, 0.25) is 0 Å². The highest BCUT2D eigenvalue weighted by molar-refractivity contribution is 7.99. The lowest BCUT2D eigenvalue weighted by atomic mass is 9.91. The van der Waals surface area contributed by atoms with E-state index >= 15 is 0 Å². The van der Waals surface area contributed by atoms with Crippen LogP contribution in [-0.4, -0.2) is 51.2 Å². The molecule has 2 aliphatic rings. The van der Waals surface area contributed by atoms with Crippen LogP contribution >= 0.6 is 11.8 Å². The first-order chi connectivity index (χ1) is 13.7. The van der Waals surface area contributed by atoms with E-state index in [4.69, 9.17) is 0 Å². The third kappa shape index (κ3) is 3.96. The second kappa shape index (κ2) is 8.66. The number of thioether (sulfide) groups is 1. The molecular formula is C21H27FN4OS. The summed E-state index contributed by atoms with van der Waals surface area (Å²) in [5.41, 5.74) is 3.59. The molecule has 7 heteroatoms. The summed E-state index contributed by atoms with van der Waals surface area (Å²) < 4.78 is 15.9. The van der Waals surface area contributed by atoms with Gasteiger partial charge in [0.05, 0.1) is 0 Å². The normalized spacial score (nSPS) is 19.5. The van der Waals surface area contributed by atoms with Crippen molar-refractivity contribution in [1.29, 1.82) is 0 Å². The van der Waals surface area contributed by atoms with Crippen molar-refractivity contribution in [1.82, 2.24) is 20.0 Å². The lowest BCUT2D eigenvalue weighted by molar-refractivity contribution is 0.0764. The number of carbonyl (C=O) groups is 1. The summed E-state index contributed by atoms with van der Waals surface area (Å²) in [5.74, 6) is 1.88. The van der Waals surface area contributed by atoms with E-state index in [2.05, 4.69) is 17.3 Å². The van der Waals surface area contributed by atoms with E-state index in [0.717, 1.165) is 56.0 Å². The molecule has 0 saturated carbocycles. The van der Waals surface area contributed by atoms with Crippen LogP contribution < -0.4 is 5.32 Å². The summed E-state index contributed by atoms with van der Waals surface area (Å²) in [4.78, 5) is 15.0. The summed E-state index contributed by atoms with van der Waals surface area (Å²) in [7, 11) is 0. The maximum Gasteiger partial charge on any atom is 0.274 e. The van der Waals surface area contributed by atoms with Crippen LogP contribution in [0.4, 0.5) is 4.39 Å². The Bertz CT molecular complexity index is 847. The van der Waals surface area contributed by atoms with Crippen LogP contribution in [0.15, 0.2) is 24.3 Å². The van der Waals surface area contributed by atoms with Gasteiger partial charge >= 0.3 is 0 Å². The van der Waals surface area contributed by atoms with Gasteiger partial charge in [0.15, 0.2) is 5.69 Å². The molecule has 2 heterocycles. The number of halogens is 1. The Hall–Kier alpha value is -1.86. The van der Waals surface area contributed by atoms with Crippen molar-refractivity contribution in [2.45, 2.75) is 45.3 Å². The summed E-state index contributed by atoms with van der Waals surface area (Å²) in [6, 6.07) is 7.11. The van der Waals surface area contributed by atoms with Gasteiger partial charge in [0.2, 0.25) is 0 Å². The largest absolute Gasteiger partial charge is 0.336 e. The Morgan fingerprint density at radius 2 is 2.11 bits per heavy atom. The highest BCUT2D eigenvalue weighted by Crippen LogP contribution is 2.27. The summed E-state index contributed by atoms with van der Waals surface area (Å²) in [6.45, 7) is 4.94. The standard InChI is InChI=1S/C21H27FN4OS/c1-2-26-19-8-7-16(23-14-15-5-3-4-6-18(15)22)13-17(19)20(24-26)21(27)25-9-11-28-12-10-25/h3-6,16,23H,2,7-14H2,1H3/t16-/m1/s1. The molecule has 0 spiro atoms. The lowest BCUT2D eigenvalue weighted by Gasteiger charge is -2.27. The first-order valence-corrected chi connectivity index (χ1v) is 11.2. The van der Waals surface area contributed by atoms with Gasteiger partial charge in [-0.05, 0) is 32.3 Å². The minimum atomic E-state index is -0.177. The zero-order valence-corrected chi connectivity index (χ0v) is 17.1. The zero-order valence-electron chi connectivity index (χ0n) is 16.3. The molecule has 1 aromatic heterocycles. The number of nitrogens with one attached hydrogen (secondary N) is 1. The van der Waals surface area contributed by atoms with E-state index in [-0.39, 0.29) is 17.8 Å². The van der Waals surface area contributed by atoms with Crippen LogP contribution in [0.25, 0.3) is 0 Å². The molecule has 1 aromatic carbocycles. The average molecular weight is 403 g/mol. The maximum atomic E-state index is 13.9. The summed E-state index contributed by atoms with van der Waals surface area (Å²) >= 11 is 1.90. The predicted octanol–water partition coefficient (Wildman–Crippen LogP) is 2.88. The molecule has 1 fully saturated rings. The molecule has 28 heavy (non-hydrogen) atoms. The fraction of sp³-hybridized carbons (Fsp3) is 0.524. The molecule has 0 bridgehead atoms. The average Bonchev–Trinajstić information content (AvgIpc) is 3.11. The molecule has 5 nitrogen and oxygen atoms in total. The molecule has 4 rings (SSSR count). The number of aryl methyl sites for hydroxylation is 1. The Balaban J connectivity index is 1.51. The van der Waals surface area contributed by atoms with Crippen molar-refractivity contribution in [2.24, 2.45) is 0 Å². The Kier molecular flexibility index (Phi) is 6.01. The van der Waals surface area contributed by atoms with Crippen molar-refractivity contribution >= 4 is 17.7 Å². The number of benzene rings is 1. The van der Waals surface area contributed by atoms with Gasteiger partial charge in [-0.25, -0.2) is 4.39 Å². The molecule has 150 valence electrons. The van der Waals surface area contributed by atoms with E-state index in [1.807, 2.05) is 33.5 Å². The number of rotatable bonds is 5. The number of carbonyl (C=O) groups excluding carboxylic acids is 1. The van der Waals surface area contributed by atoms with Gasteiger partial charge in [-0.3, -0.25) is 9.48 Å². The molecule has 1 aliphatic carbocycles. The third-order valence-electron chi connectivity index (χ3n) is 5.69. The Labute approximate surface area is 169 Å². The molecule has 1 saturated heterocycles. The summed E-state index contributed by atoms with van der Waals surface area (Å²) in [6.07, 6.45) is 2.64. The number of fused-ring (bicyclic) bond motifs is 1. The van der Waals surface area contributed by atoms with Crippen LogP contribution in [0.1, 0.15) is 40.7 Å². The lowest BCUT2D eigenvalue weighted by Crippen LogP contribution is -2.39. The predicted molar refractivity (Wildman–Crippen MR) is 110 cm³/mol. The topological polar surface area (TPSA) is 50.2 Å². The van der Waals surface area contributed by atoms with Gasteiger partial charge in [0.1, 0.15) is 5.82 Å². The second-order valence-electron chi connectivity index (χ2n) is 7.41. The van der Waals surface area contributed by atoms with Crippen LogP contribution in [0.3, 0.4) is 0 Å². The first-order valence-electron chi connectivity index (χ1n) is 10.1. The van der Waals surface area contributed by atoms with Crippen molar-refractivity contribution in [3.8, 4) is 0 Å². The van der Waals surface area contributed by atoms with E-state index in [1.54, 1.807) is 6.07 Å². The molecule has 2 aromatic rings. The van der Waals surface area contributed by atoms with Gasteiger partial charge in [-0.2, -0.15) is 16.9 Å². The van der Waals surface area contributed by atoms with E-state index in [0.29, 0.717) is 17.8 Å². The highest BCUT2D eigenvalue weighted by atomic mass is 32.2. The monoisotopic (exact) mass is 402 g/mol. The van der Waals surface area contributed by atoms with E-state index in [1.165, 1.54) is 11.8 Å². The molecule has 1 N–H and O–H groups in total. The molecule has 1 atom stereocenters. The van der Waals surface area contributed by atoms with E-state index < -0.39 is 0 Å². The number of hydrogen-bond acceptors (Lipinski definition) is 4. The fourth-order valence-corrected chi connectivity index (χ4v) is 5.01. The smallest absolute Gasteiger partial charge is 0.274 e. The van der Waals surface area contributed by atoms with Crippen molar-refractivity contribution in [3.63, 3.8) is 0 Å². The first kappa shape index (κ1) is 19.5. The minimum absolute atomic E-state index is 0.0681.